The molecule has 0 aliphatic heterocycles. The van der Waals surface area contributed by atoms with Crippen LogP contribution in [0.3, 0.4) is 0 Å². The van der Waals surface area contributed by atoms with Crippen LogP contribution in [-0.2, 0) is 25.9 Å². The topological polar surface area (TPSA) is 68.5 Å². The van der Waals surface area contributed by atoms with E-state index in [-0.39, 0.29) is 0 Å². The van der Waals surface area contributed by atoms with Crippen LogP contribution in [0.25, 0.3) is 11.0 Å². The van der Waals surface area contributed by atoms with E-state index in [1.54, 1.807) is 11.3 Å². The van der Waals surface area contributed by atoms with Crippen LogP contribution in [0.4, 0.5) is 5.82 Å². The summed E-state index contributed by atoms with van der Waals surface area (Å²) in [5.74, 6) is 1.69. The Morgan fingerprint density at radius 3 is 2.61 bits per heavy atom. The van der Waals surface area contributed by atoms with Crippen LogP contribution in [0.2, 0.25) is 0 Å². The molecule has 3 aromatic rings. The summed E-state index contributed by atoms with van der Waals surface area (Å²) in [6, 6.07) is 0. The first-order chi connectivity index (χ1) is 11.2. The molecule has 0 fully saturated rings. The Labute approximate surface area is 140 Å². The third-order valence-electron chi connectivity index (χ3n) is 3.76. The highest BCUT2D eigenvalue weighted by Crippen LogP contribution is 2.24. The number of hydrogen-bond donors (Lipinski definition) is 1. The molecule has 3 aromatic heterocycles. The lowest BCUT2D eigenvalue weighted by atomic mass is 10.3. The zero-order valence-corrected chi connectivity index (χ0v) is 14.9. The van der Waals surface area contributed by atoms with E-state index in [4.69, 9.17) is 0 Å². The lowest BCUT2D eigenvalue weighted by Gasteiger charge is -2.09. The molecular formula is C16H22N6S. The minimum Gasteiger partial charge on any atom is -0.362 e. The lowest BCUT2D eigenvalue weighted by Crippen LogP contribution is -2.08. The highest BCUT2D eigenvalue weighted by molar-refractivity contribution is 7.09. The van der Waals surface area contributed by atoms with E-state index < -0.39 is 0 Å². The standard InChI is InChI=1S/C16H22N6S/c1-5-12-19-14-10(4)21-22(7-3)15(14)16(20-12)17-8-11-9-23-13(6-2)18-11/h9H,5-8H2,1-4H3,(H,17,19,20). The highest BCUT2D eigenvalue weighted by atomic mass is 32.1. The third kappa shape index (κ3) is 3.06. The van der Waals surface area contributed by atoms with E-state index in [0.29, 0.717) is 6.54 Å². The first-order valence-corrected chi connectivity index (χ1v) is 8.95. The summed E-state index contributed by atoms with van der Waals surface area (Å²) in [7, 11) is 0. The molecule has 23 heavy (non-hydrogen) atoms. The maximum absolute atomic E-state index is 4.68. The van der Waals surface area contributed by atoms with Crippen molar-refractivity contribution in [1.29, 1.82) is 0 Å². The van der Waals surface area contributed by atoms with Crippen molar-refractivity contribution in [1.82, 2.24) is 24.7 Å². The van der Waals surface area contributed by atoms with E-state index in [2.05, 4.69) is 51.5 Å². The van der Waals surface area contributed by atoms with Crippen LogP contribution in [-0.4, -0.2) is 24.7 Å². The molecular weight excluding hydrogens is 308 g/mol. The van der Waals surface area contributed by atoms with Gasteiger partial charge < -0.3 is 5.32 Å². The van der Waals surface area contributed by atoms with Gasteiger partial charge in [0.25, 0.3) is 0 Å². The molecule has 0 atom stereocenters. The molecule has 3 rings (SSSR count). The van der Waals surface area contributed by atoms with Crippen LogP contribution < -0.4 is 5.32 Å². The molecule has 1 N–H and O–H groups in total. The molecule has 3 heterocycles. The van der Waals surface area contributed by atoms with Crippen LogP contribution in [0.15, 0.2) is 5.38 Å². The Morgan fingerprint density at radius 2 is 1.96 bits per heavy atom. The Bertz CT molecular complexity index is 819. The fourth-order valence-electron chi connectivity index (χ4n) is 2.55. The predicted octanol–water partition coefficient (Wildman–Crippen LogP) is 3.35. The number of hydrogen-bond acceptors (Lipinski definition) is 6. The zero-order valence-electron chi connectivity index (χ0n) is 14.1. The van der Waals surface area contributed by atoms with E-state index in [1.165, 1.54) is 5.01 Å². The SMILES string of the molecule is CCc1nc(NCc2csc(CC)n2)c2c(n1)c(C)nn2CC. The van der Waals surface area contributed by atoms with Gasteiger partial charge in [-0.25, -0.2) is 15.0 Å². The Balaban J connectivity index is 1.97. The number of thiazole rings is 1. The minimum atomic E-state index is 0.666. The number of rotatable bonds is 6. The molecule has 0 aromatic carbocycles. The molecule has 7 heteroatoms. The molecule has 0 amide bonds. The van der Waals surface area contributed by atoms with Crippen molar-refractivity contribution in [3.05, 3.63) is 27.6 Å². The maximum Gasteiger partial charge on any atom is 0.156 e. The van der Waals surface area contributed by atoms with Gasteiger partial charge in [0.2, 0.25) is 0 Å². The van der Waals surface area contributed by atoms with Crippen molar-refractivity contribution >= 4 is 28.2 Å². The molecule has 6 nitrogen and oxygen atoms in total. The number of aryl methyl sites for hydroxylation is 4. The molecule has 0 spiro atoms. The Hall–Kier alpha value is -2.02. The van der Waals surface area contributed by atoms with Gasteiger partial charge in [-0.05, 0) is 20.3 Å². The van der Waals surface area contributed by atoms with Gasteiger partial charge in [-0.15, -0.1) is 11.3 Å². The van der Waals surface area contributed by atoms with Crippen molar-refractivity contribution in [2.45, 2.75) is 53.6 Å². The summed E-state index contributed by atoms with van der Waals surface area (Å²) < 4.78 is 1.96. The number of anilines is 1. The second kappa shape index (κ2) is 6.62. The smallest absolute Gasteiger partial charge is 0.156 e. The third-order valence-corrected chi connectivity index (χ3v) is 4.80. The Morgan fingerprint density at radius 1 is 1.13 bits per heavy atom. The van der Waals surface area contributed by atoms with E-state index >= 15 is 0 Å². The molecule has 0 unspecified atom stereocenters. The van der Waals surface area contributed by atoms with Crippen molar-refractivity contribution in [3.8, 4) is 0 Å². The second-order valence-electron chi connectivity index (χ2n) is 5.38. The summed E-state index contributed by atoms with van der Waals surface area (Å²) in [5, 5.41) is 11.3. The molecule has 0 bridgehead atoms. The first kappa shape index (κ1) is 15.9. The summed E-state index contributed by atoms with van der Waals surface area (Å²) >= 11 is 1.71. The number of fused-ring (bicyclic) bond motifs is 1. The van der Waals surface area contributed by atoms with E-state index in [1.807, 2.05) is 11.6 Å². The van der Waals surface area contributed by atoms with Gasteiger partial charge in [-0.3, -0.25) is 4.68 Å². The average Bonchev–Trinajstić information content (AvgIpc) is 3.17. The second-order valence-corrected chi connectivity index (χ2v) is 6.32. The van der Waals surface area contributed by atoms with E-state index in [9.17, 15) is 0 Å². The molecule has 0 aliphatic carbocycles. The largest absolute Gasteiger partial charge is 0.362 e. The van der Waals surface area contributed by atoms with Crippen LogP contribution >= 0.6 is 11.3 Å². The number of nitrogens with one attached hydrogen (secondary N) is 1. The summed E-state index contributed by atoms with van der Waals surface area (Å²) in [6.45, 7) is 9.73. The number of nitrogens with zero attached hydrogens (tertiary/aromatic N) is 5. The van der Waals surface area contributed by atoms with E-state index in [0.717, 1.165) is 53.4 Å². The van der Waals surface area contributed by atoms with Gasteiger partial charge >= 0.3 is 0 Å². The van der Waals surface area contributed by atoms with Crippen molar-refractivity contribution in [2.24, 2.45) is 0 Å². The maximum atomic E-state index is 4.68. The van der Waals surface area contributed by atoms with Gasteiger partial charge in [-0.1, -0.05) is 13.8 Å². The lowest BCUT2D eigenvalue weighted by molar-refractivity contribution is 0.675. The normalized spacial score (nSPS) is 11.3. The molecule has 0 radical (unpaired) electrons. The van der Waals surface area contributed by atoms with Gasteiger partial charge in [0.05, 0.1) is 22.9 Å². The highest BCUT2D eigenvalue weighted by Gasteiger charge is 2.15. The predicted molar refractivity (Wildman–Crippen MR) is 93.9 cm³/mol. The van der Waals surface area contributed by atoms with Gasteiger partial charge in [-0.2, -0.15) is 5.10 Å². The fourth-order valence-corrected chi connectivity index (χ4v) is 3.30. The zero-order chi connectivity index (χ0) is 16.4. The van der Waals surface area contributed by atoms with Crippen LogP contribution in [0.5, 0.6) is 0 Å². The molecule has 0 saturated carbocycles. The van der Waals surface area contributed by atoms with Gasteiger partial charge in [0.1, 0.15) is 16.9 Å². The summed E-state index contributed by atoms with van der Waals surface area (Å²) in [5.41, 5.74) is 3.92. The monoisotopic (exact) mass is 330 g/mol. The van der Waals surface area contributed by atoms with Gasteiger partial charge in [0.15, 0.2) is 5.82 Å². The first-order valence-electron chi connectivity index (χ1n) is 8.07. The van der Waals surface area contributed by atoms with Crippen molar-refractivity contribution in [2.75, 3.05) is 5.32 Å². The minimum absolute atomic E-state index is 0.666. The van der Waals surface area contributed by atoms with Crippen LogP contribution in [0.1, 0.15) is 43.0 Å². The summed E-state index contributed by atoms with van der Waals surface area (Å²) in [4.78, 5) is 13.9. The molecule has 0 saturated heterocycles. The number of aromatic nitrogens is 5. The fraction of sp³-hybridized carbons (Fsp3) is 0.500. The summed E-state index contributed by atoms with van der Waals surface area (Å²) in [6.07, 6.45) is 1.78. The Kier molecular flexibility index (Phi) is 4.56. The molecule has 0 aliphatic rings. The molecule has 122 valence electrons. The van der Waals surface area contributed by atoms with Crippen molar-refractivity contribution < 1.29 is 0 Å². The van der Waals surface area contributed by atoms with Crippen LogP contribution in [0, 0.1) is 6.92 Å². The average molecular weight is 330 g/mol. The quantitative estimate of drug-likeness (QED) is 0.750. The van der Waals surface area contributed by atoms with Crippen molar-refractivity contribution in [3.63, 3.8) is 0 Å². The van der Waals surface area contributed by atoms with Gasteiger partial charge in [0, 0.05) is 18.3 Å².